The zero-order valence-corrected chi connectivity index (χ0v) is 9.33. The van der Waals surface area contributed by atoms with Crippen LogP contribution in [0.15, 0.2) is 12.2 Å². The van der Waals surface area contributed by atoms with Gasteiger partial charge in [0.25, 0.3) is 0 Å². The van der Waals surface area contributed by atoms with E-state index in [9.17, 15) is 9.46 Å². The second-order valence-electron chi connectivity index (χ2n) is 3.98. The van der Waals surface area contributed by atoms with E-state index >= 15 is 0 Å². The lowest BCUT2D eigenvalue weighted by Gasteiger charge is -2.20. The normalized spacial score (nSPS) is 26.0. The molecule has 0 bridgehead atoms. The molecule has 0 saturated heterocycles. The summed E-state index contributed by atoms with van der Waals surface area (Å²) in [5, 5.41) is 8.59. The average molecular weight is 218 g/mol. The number of aliphatic hydroxyl groups is 1. The van der Waals surface area contributed by atoms with E-state index in [1.165, 1.54) is 0 Å². The fraction of sp³-hybridized carbons (Fsp3) is 0.800. The first kappa shape index (κ1) is 12.0. The number of aliphatic hydroxyl groups excluding tert-OH is 1. The van der Waals surface area contributed by atoms with E-state index in [0.717, 1.165) is 19.3 Å². The van der Waals surface area contributed by atoms with Crippen LogP contribution in [0.5, 0.6) is 0 Å². The molecule has 0 radical (unpaired) electrons. The van der Waals surface area contributed by atoms with Crippen molar-refractivity contribution in [3.8, 4) is 0 Å². The fourth-order valence-electron chi connectivity index (χ4n) is 1.83. The van der Waals surface area contributed by atoms with Gasteiger partial charge in [0.05, 0.1) is 0 Å². The van der Waals surface area contributed by atoms with Crippen molar-refractivity contribution in [2.24, 2.45) is 5.92 Å². The third kappa shape index (κ3) is 4.41. The third-order valence-corrected chi connectivity index (χ3v) is 4.69. The Labute approximate surface area is 85.3 Å². The van der Waals surface area contributed by atoms with Gasteiger partial charge in [0.2, 0.25) is 7.37 Å². The predicted molar refractivity (Wildman–Crippen MR) is 57.7 cm³/mol. The van der Waals surface area contributed by atoms with E-state index in [0.29, 0.717) is 18.5 Å². The van der Waals surface area contributed by atoms with Crippen molar-refractivity contribution in [2.45, 2.75) is 25.7 Å². The summed E-state index contributed by atoms with van der Waals surface area (Å²) in [5.41, 5.74) is 0. The Hall–Kier alpha value is -0.110. The van der Waals surface area contributed by atoms with Gasteiger partial charge in [0.1, 0.15) is 0 Å². The maximum absolute atomic E-state index is 11.7. The first-order chi connectivity index (χ1) is 6.64. The van der Waals surface area contributed by atoms with Gasteiger partial charge >= 0.3 is 0 Å². The average Bonchev–Trinajstić information content (AvgIpc) is 2.16. The summed E-state index contributed by atoms with van der Waals surface area (Å²) < 4.78 is 11.7. The van der Waals surface area contributed by atoms with Crippen molar-refractivity contribution in [1.29, 1.82) is 0 Å². The Balaban J connectivity index is 2.33. The Morgan fingerprint density at radius 2 is 2.21 bits per heavy atom. The summed E-state index contributed by atoms with van der Waals surface area (Å²) in [6.07, 6.45) is 8.36. The molecule has 0 amide bonds. The zero-order valence-electron chi connectivity index (χ0n) is 8.43. The predicted octanol–water partition coefficient (Wildman–Crippen LogP) is 2.00. The molecule has 0 fully saturated rings. The Bertz CT molecular complexity index is 238. The van der Waals surface area contributed by atoms with Crippen LogP contribution >= 0.6 is 7.37 Å². The first-order valence-corrected chi connectivity index (χ1v) is 7.24. The van der Waals surface area contributed by atoms with Gasteiger partial charge < -0.3 is 10.00 Å². The Kier molecular flexibility index (Phi) is 4.86. The molecular formula is C10H19O3P. The molecule has 0 heterocycles. The van der Waals surface area contributed by atoms with Crippen LogP contribution in [0.1, 0.15) is 25.7 Å². The van der Waals surface area contributed by atoms with Gasteiger partial charge in [-0.2, -0.15) is 0 Å². The number of hydrogen-bond donors (Lipinski definition) is 2. The van der Waals surface area contributed by atoms with Crippen LogP contribution < -0.4 is 0 Å². The molecule has 0 aromatic rings. The molecule has 0 saturated carbocycles. The van der Waals surface area contributed by atoms with Gasteiger partial charge in [-0.3, -0.25) is 4.57 Å². The lowest BCUT2D eigenvalue weighted by Crippen LogP contribution is -2.10. The van der Waals surface area contributed by atoms with Crippen LogP contribution in [0.2, 0.25) is 0 Å². The van der Waals surface area contributed by atoms with Crippen LogP contribution in [0.3, 0.4) is 0 Å². The van der Waals surface area contributed by atoms with E-state index in [-0.39, 0.29) is 12.8 Å². The van der Waals surface area contributed by atoms with Crippen LogP contribution in [0, 0.1) is 5.92 Å². The quantitative estimate of drug-likeness (QED) is 0.548. The molecule has 2 N–H and O–H groups in total. The van der Waals surface area contributed by atoms with Gasteiger partial charge in [-0.05, 0) is 31.6 Å². The summed E-state index contributed by atoms with van der Waals surface area (Å²) in [4.78, 5) is 9.62. The van der Waals surface area contributed by atoms with Gasteiger partial charge in [0.15, 0.2) is 0 Å². The van der Waals surface area contributed by atoms with Crippen molar-refractivity contribution < 1.29 is 14.6 Å². The molecule has 3 nitrogen and oxygen atoms in total. The monoisotopic (exact) mass is 218 g/mol. The number of hydrogen-bond acceptors (Lipinski definition) is 2. The summed E-state index contributed by atoms with van der Waals surface area (Å²) in [6, 6.07) is 0. The summed E-state index contributed by atoms with van der Waals surface area (Å²) in [5.74, 6) is 0.370. The molecule has 0 spiro atoms. The minimum Gasteiger partial charge on any atom is -0.396 e. The highest BCUT2D eigenvalue weighted by atomic mass is 31.2. The second-order valence-corrected chi connectivity index (χ2v) is 6.49. The molecular weight excluding hydrogens is 199 g/mol. The number of allylic oxidation sites excluding steroid dienone is 2. The summed E-state index contributed by atoms with van der Waals surface area (Å²) >= 11 is 0. The van der Waals surface area contributed by atoms with E-state index in [1.807, 2.05) is 0 Å². The van der Waals surface area contributed by atoms with Gasteiger partial charge in [-0.1, -0.05) is 12.2 Å². The largest absolute Gasteiger partial charge is 0.396 e. The standard InChI is InChI=1S/C10H19O3P/c11-7-4-8-14(12,13)9-10-5-2-1-3-6-10/h1-2,10-11H,3-9H2,(H,12,13)/t10-/m1/s1. The Morgan fingerprint density at radius 1 is 1.43 bits per heavy atom. The molecule has 0 aliphatic heterocycles. The van der Waals surface area contributed by atoms with Gasteiger partial charge in [0, 0.05) is 18.9 Å². The molecule has 0 aromatic carbocycles. The zero-order chi connectivity index (χ0) is 10.4. The fourth-order valence-corrected chi connectivity index (χ4v) is 3.79. The highest BCUT2D eigenvalue weighted by molar-refractivity contribution is 7.57. The van der Waals surface area contributed by atoms with E-state index in [1.54, 1.807) is 0 Å². The number of rotatable bonds is 5. The minimum absolute atomic E-state index is 0.00905. The van der Waals surface area contributed by atoms with Crippen LogP contribution in [0.25, 0.3) is 0 Å². The lowest BCUT2D eigenvalue weighted by molar-refractivity contribution is 0.293. The highest BCUT2D eigenvalue weighted by Gasteiger charge is 2.23. The maximum Gasteiger partial charge on any atom is 0.201 e. The topological polar surface area (TPSA) is 57.5 Å². The van der Waals surface area contributed by atoms with Crippen LogP contribution in [-0.2, 0) is 4.57 Å². The van der Waals surface area contributed by atoms with E-state index < -0.39 is 7.37 Å². The molecule has 14 heavy (non-hydrogen) atoms. The van der Waals surface area contributed by atoms with Crippen molar-refractivity contribution >= 4 is 7.37 Å². The van der Waals surface area contributed by atoms with Crippen LogP contribution in [-0.4, -0.2) is 28.9 Å². The molecule has 1 aliphatic carbocycles. The molecule has 1 rings (SSSR count). The second kappa shape index (κ2) is 5.69. The smallest absolute Gasteiger partial charge is 0.201 e. The van der Waals surface area contributed by atoms with E-state index in [4.69, 9.17) is 5.11 Å². The first-order valence-electron chi connectivity index (χ1n) is 5.21. The minimum atomic E-state index is -2.97. The molecule has 1 aliphatic rings. The SMILES string of the molecule is O=P(O)(CCCO)C[C@@H]1CC=CCC1. The maximum atomic E-state index is 11.7. The third-order valence-electron chi connectivity index (χ3n) is 2.59. The molecule has 4 heteroatoms. The summed E-state index contributed by atoms with van der Waals surface area (Å²) in [6.45, 7) is 0.00905. The van der Waals surface area contributed by atoms with Gasteiger partial charge in [-0.15, -0.1) is 0 Å². The Morgan fingerprint density at radius 3 is 2.79 bits per heavy atom. The van der Waals surface area contributed by atoms with E-state index in [2.05, 4.69) is 12.2 Å². The van der Waals surface area contributed by atoms with Gasteiger partial charge in [-0.25, -0.2) is 0 Å². The van der Waals surface area contributed by atoms with Crippen molar-refractivity contribution in [1.82, 2.24) is 0 Å². The molecule has 2 atom stereocenters. The lowest BCUT2D eigenvalue weighted by atomic mass is 9.96. The van der Waals surface area contributed by atoms with Crippen LogP contribution in [0.4, 0.5) is 0 Å². The van der Waals surface area contributed by atoms with Crippen molar-refractivity contribution in [3.63, 3.8) is 0 Å². The molecule has 0 aromatic heterocycles. The molecule has 82 valence electrons. The summed E-state index contributed by atoms with van der Waals surface area (Å²) in [7, 11) is -2.97. The van der Waals surface area contributed by atoms with Crippen molar-refractivity contribution in [3.05, 3.63) is 12.2 Å². The molecule has 1 unspecified atom stereocenters. The van der Waals surface area contributed by atoms with Crippen molar-refractivity contribution in [2.75, 3.05) is 18.9 Å². The highest BCUT2D eigenvalue weighted by Crippen LogP contribution is 2.45.